The van der Waals surface area contributed by atoms with Crippen molar-refractivity contribution in [2.75, 3.05) is 7.11 Å². The summed E-state index contributed by atoms with van der Waals surface area (Å²) in [5.41, 5.74) is 4.84. The third-order valence-electron chi connectivity index (χ3n) is 4.32. The number of thioether (sulfide) groups is 1. The van der Waals surface area contributed by atoms with Gasteiger partial charge in [0.1, 0.15) is 5.75 Å². The van der Waals surface area contributed by atoms with Gasteiger partial charge in [0, 0.05) is 12.3 Å². The molecule has 0 radical (unpaired) electrons. The fraction of sp³-hybridized carbons (Fsp3) is 0.238. The lowest BCUT2D eigenvalue weighted by Gasteiger charge is -2.11. The zero-order chi connectivity index (χ0) is 18.5. The number of nitrogens with zero attached hydrogens (tertiary/aromatic N) is 3. The highest BCUT2D eigenvalue weighted by atomic mass is 32.2. The number of ether oxygens (including phenoxy) is 1. The largest absolute Gasteiger partial charge is 0.496 e. The highest BCUT2D eigenvalue weighted by molar-refractivity contribution is 7.98. The van der Waals surface area contributed by atoms with Gasteiger partial charge < -0.3 is 4.74 Å². The van der Waals surface area contributed by atoms with E-state index in [0.29, 0.717) is 6.54 Å². The lowest BCUT2D eigenvalue weighted by molar-refractivity contribution is 0.416. The molecule has 0 atom stereocenters. The second kappa shape index (κ2) is 8.23. The molecule has 0 N–H and O–H groups in total. The lowest BCUT2D eigenvalue weighted by Crippen LogP contribution is -2.01. The van der Waals surface area contributed by atoms with Gasteiger partial charge in [-0.1, -0.05) is 48.2 Å². The quantitative estimate of drug-likeness (QED) is 0.434. The van der Waals surface area contributed by atoms with Gasteiger partial charge in [0.15, 0.2) is 11.0 Å². The SMILES string of the molecule is C=CCn1c(SCc2ccc(C)c(C)c2)nnc1-c1ccccc1OC. The molecule has 0 saturated heterocycles. The summed E-state index contributed by atoms with van der Waals surface area (Å²) < 4.78 is 7.56. The molecule has 134 valence electrons. The summed E-state index contributed by atoms with van der Waals surface area (Å²) in [4.78, 5) is 0. The van der Waals surface area contributed by atoms with Crippen LogP contribution in [0.15, 0.2) is 60.3 Å². The van der Waals surface area contributed by atoms with Gasteiger partial charge in [-0.2, -0.15) is 0 Å². The molecule has 0 aliphatic heterocycles. The fourth-order valence-electron chi connectivity index (χ4n) is 2.76. The number of aryl methyl sites for hydroxylation is 2. The van der Waals surface area contributed by atoms with E-state index >= 15 is 0 Å². The van der Waals surface area contributed by atoms with Crippen LogP contribution in [0.2, 0.25) is 0 Å². The Morgan fingerprint density at radius 2 is 1.92 bits per heavy atom. The Morgan fingerprint density at radius 3 is 2.65 bits per heavy atom. The minimum atomic E-state index is 0.648. The first kappa shape index (κ1) is 18.3. The van der Waals surface area contributed by atoms with Crippen molar-refractivity contribution in [1.82, 2.24) is 14.8 Å². The molecule has 0 fully saturated rings. The number of rotatable bonds is 7. The average molecular weight is 366 g/mol. The van der Waals surface area contributed by atoms with Crippen molar-refractivity contribution in [3.8, 4) is 17.1 Å². The number of aromatic nitrogens is 3. The van der Waals surface area contributed by atoms with E-state index in [0.717, 1.165) is 28.0 Å². The Balaban J connectivity index is 1.89. The minimum absolute atomic E-state index is 0.648. The predicted molar refractivity (Wildman–Crippen MR) is 108 cm³/mol. The van der Waals surface area contributed by atoms with Crippen molar-refractivity contribution < 1.29 is 4.74 Å². The second-order valence-corrected chi connectivity index (χ2v) is 7.06. The minimum Gasteiger partial charge on any atom is -0.496 e. The van der Waals surface area contributed by atoms with Crippen LogP contribution in [0.25, 0.3) is 11.4 Å². The van der Waals surface area contributed by atoms with E-state index in [1.807, 2.05) is 30.3 Å². The first-order valence-electron chi connectivity index (χ1n) is 8.50. The van der Waals surface area contributed by atoms with Crippen molar-refractivity contribution in [2.45, 2.75) is 31.3 Å². The van der Waals surface area contributed by atoms with Gasteiger partial charge in [-0.25, -0.2) is 0 Å². The van der Waals surface area contributed by atoms with Gasteiger partial charge in [0.2, 0.25) is 0 Å². The first-order chi connectivity index (χ1) is 12.6. The van der Waals surface area contributed by atoms with Gasteiger partial charge in [-0.05, 0) is 42.7 Å². The van der Waals surface area contributed by atoms with Crippen molar-refractivity contribution in [1.29, 1.82) is 0 Å². The lowest BCUT2D eigenvalue weighted by atomic mass is 10.1. The summed E-state index contributed by atoms with van der Waals surface area (Å²) in [6.45, 7) is 8.80. The third-order valence-corrected chi connectivity index (χ3v) is 5.35. The number of hydrogen-bond donors (Lipinski definition) is 0. The smallest absolute Gasteiger partial charge is 0.192 e. The van der Waals surface area contributed by atoms with Crippen LogP contribution in [0.4, 0.5) is 0 Å². The number of benzene rings is 2. The molecule has 0 spiro atoms. The van der Waals surface area contributed by atoms with Crippen molar-refractivity contribution in [2.24, 2.45) is 0 Å². The van der Waals surface area contributed by atoms with E-state index in [2.05, 4.69) is 53.4 Å². The molecule has 0 aliphatic carbocycles. The Hall–Kier alpha value is -2.53. The van der Waals surface area contributed by atoms with E-state index in [-0.39, 0.29) is 0 Å². The Kier molecular flexibility index (Phi) is 5.78. The molecule has 3 aromatic rings. The Morgan fingerprint density at radius 1 is 1.12 bits per heavy atom. The molecule has 5 heteroatoms. The van der Waals surface area contributed by atoms with Gasteiger partial charge >= 0.3 is 0 Å². The van der Waals surface area contributed by atoms with E-state index < -0.39 is 0 Å². The average Bonchev–Trinajstić information content (AvgIpc) is 3.05. The summed E-state index contributed by atoms with van der Waals surface area (Å²) in [6.07, 6.45) is 1.86. The van der Waals surface area contributed by atoms with Crippen LogP contribution >= 0.6 is 11.8 Å². The summed E-state index contributed by atoms with van der Waals surface area (Å²) in [7, 11) is 1.67. The number of allylic oxidation sites excluding steroid dienone is 1. The summed E-state index contributed by atoms with van der Waals surface area (Å²) in [6, 6.07) is 14.4. The van der Waals surface area contributed by atoms with Gasteiger partial charge in [0.25, 0.3) is 0 Å². The van der Waals surface area contributed by atoms with Crippen LogP contribution in [0.5, 0.6) is 5.75 Å². The van der Waals surface area contributed by atoms with Gasteiger partial charge in [-0.15, -0.1) is 16.8 Å². The van der Waals surface area contributed by atoms with Crippen molar-refractivity contribution in [3.63, 3.8) is 0 Å². The molecule has 0 unspecified atom stereocenters. The second-order valence-electron chi connectivity index (χ2n) is 6.11. The number of para-hydroxylation sites is 1. The van der Waals surface area contributed by atoms with E-state index in [1.54, 1.807) is 18.9 Å². The normalized spacial score (nSPS) is 10.7. The maximum atomic E-state index is 5.48. The van der Waals surface area contributed by atoms with E-state index in [9.17, 15) is 0 Å². The van der Waals surface area contributed by atoms with Gasteiger partial charge in [0.05, 0.1) is 12.7 Å². The maximum Gasteiger partial charge on any atom is 0.192 e. The third kappa shape index (κ3) is 3.83. The van der Waals surface area contributed by atoms with Crippen LogP contribution in [-0.2, 0) is 12.3 Å². The molecule has 26 heavy (non-hydrogen) atoms. The molecule has 1 aromatic heterocycles. The highest BCUT2D eigenvalue weighted by Gasteiger charge is 2.16. The molecule has 0 bridgehead atoms. The molecule has 1 heterocycles. The maximum absolute atomic E-state index is 5.48. The Bertz CT molecular complexity index is 917. The first-order valence-corrected chi connectivity index (χ1v) is 9.49. The van der Waals surface area contributed by atoms with Crippen LogP contribution in [0.3, 0.4) is 0 Å². The van der Waals surface area contributed by atoms with Crippen molar-refractivity contribution >= 4 is 11.8 Å². The standard InChI is InChI=1S/C21H23N3OS/c1-5-12-24-20(18-8-6-7-9-19(18)25-4)22-23-21(24)26-14-17-11-10-15(2)16(3)13-17/h5-11,13H,1,12,14H2,2-4H3. The van der Waals surface area contributed by atoms with E-state index in [4.69, 9.17) is 4.74 Å². The molecular formula is C21H23N3OS. The molecule has 0 saturated carbocycles. The van der Waals surface area contributed by atoms with Crippen molar-refractivity contribution in [3.05, 3.63) is 71.8 Å². The van der Waals surface area contributed by atoms with Crippen LogP contribution in [-0.4, -0.2) is 21.9 Å². The zero-order valence-electron chi connectivity index (χ0n) is 15.4. The molecule has 4 nitrogen and oxygen atoms in total. The molecular weight excluding hydrogens is 342 g/mol. The van der Waals surface area contributed by atoms with E-state index in [1.165, 1.54) is 16.7 Å². The van der Waals surface area contributed by atoms with Crippen LogP contribution in [0, 0.1) is 13.8 Å². The van der Waals surface area contributed by atoms with Crippen LogP contribution in [0.1, 0.15) is 16.7 Å². The molecule has 2 aromatic carbocycles. The molecule has 0 amide bonds. The number of methoxy groups -OCH3 is 1. The molecule has 3 rings (SSSR count). The van der Waals surface area contributed by atoms with Crippen LogP contribution < -0.4 is 4.74 Å². The fourth-order valence-corrected chi connectivity index (χ4v) is 3.65. The summed E-state index contributed by atoms with van der Waals surface area (Å²) >= 11 is 1.68. The Labute approximate surface area is 158 Å². The summed E-state index contributed by atoms with van der Waals surface area (Å²) in [5, 5.41) is 9.71. The van der Waals surface area contributed by atoms with Gasteiger partial charge in [-0.3, -0.25) is 4.57 Å². The number of hydrogen-bond acceptors (Lipinski definition) is 4. The zero-order valence-corrected chi connectivity index (χ0v) is 16.2. The topological polar surface area (TPSA) is 39.9 Å². The summed E-state index contributed by atoms with van der Waals surface area (Å²) in [5.74, 6) is 2.43. The highest BCUT2D eigenvalue weighted by Crippen LogP contribution is 2.31. The molecule has 0 aliphatic rings. The monoisotopic (exact) mass is 365 g/mol. The predicted octanol–water partition coefficient (Wildman–Crippen LogP) is 5.05.